The van der Waals surface area contributed by atoms with E-state index in [0.717, 1.165) is 56.9 Å². The van der Waals surface area contributed by atoms with E-state index >= 15 is 0 Å². The van der Waals surface area contributed by atoms with Gasteiger partial charge in [0.05, 0.1) is 16.8 Å². The lowest BCUT2D eigenvalue weighted by Crippen LogP contribution is -2.23. The van der Waals surface area contributed by atoms with Crippen LogP contribution in [0.15, 0.2) is 46.3 Å². The maximum absolute atomic E-state index is 13.8. The number of nitrogens with zero attached hydrogens (tertiary/aromatic N) is 2. The van der Waals surface area contributed by atoms with E-state index in [-0.39, 0.29) is 17.2 Å². The quantitative estimate of drug-likeness (QED) is 0.225. The Morgan fingerprint density at radius 1 is 1.03 bits per heavy atom. The molecule has 0 aliphatic carbocycles. The lowest BCUT2D eigenvalue weighted by Gasteiger charge is -2.14. The first-order valence-corrected chi connectivity index (χ1v) is 13.6. The number of carbonyl (C=O) groups is 1. The van der Waals surface area contributed by atoms with Gasteiger partial charge in [-0.15, -0.1) is 11.3 Å². The zero-order valence-corrected chi connectivity index (χ0v) is 22.7. The molecule has 2 aromatic carbocycles. The van der Waals surface area contributed by atoms with Gasteiger partial charge in [-0.2, -0.15) is 0 Å². The Kier molecular flexibility index (Phi) is 7.47. The Labute approximate surface area is 214 Å². The summed E-state index contributed by atoms with van der Waals surface area (Å²) in [5, 5.41) is 4.22. The van der Waals surface area contributed by atoms with Gasteiger partial charge in [-0.3, -0.25) is 14.2 Å². The number of thioether (sulfide) groups is 1. The zero-order valence-electron chi connectivity index (χ0n) is 21.1. The number of amides is 1. The van der Waals surface area contributed by atoms with Crippen LogP contribution in [0.3, 0.4) is 0 Å². The van der Waals surface area contributed by atoms with Crippen molar-refractivity contribution in [1.29, 1.82) is 0 Å². The van der Waals surface area contributed by atoms with Crippen LogP contribution in [0.2, 0.25) is 0 Å². The molecule has 182 valence electrons. The maximum atomic E-state index is 13.8. The molecule has 1 amide bonds. The minimum Gasteiger partial charge on any atom is -0.325 e. The SMILES string of the molecule is CCCc1sc2nc(SCC(=O)Nc3cc(C)ccc3C)n(-c3ccc(C)c(C)c3)c(=O)c2c1C. The molecule has 4 aromatic rings. The van der Waals surface area contributed by atoms with Crippen LogP contribution in [0.25, 0.3) is 15.9 Å². The molecule has 0 spiro atoms. The molecular weight excluding hydrogens is 474 g/mol. The van der Waals surface area contributed by atoms with E-state index in [1.165, 1.54) is 16.6 Å². The van der Waals surface area contributed by atoms with Gasteiger partial charge in [0.15, 0.2) is 5.16 Å². The number of aromatic nitrogens is 2. The summed E-state index contributed by atoms with van der Waals surface area (Å²) in [6.45, 7) is 12.2. The standard InChI is InChI=1S/C28H31N3O2S2/c1-7-8-23-20(6)25-26(35-23)30-28(31(27(25)33)21-12-11-17(3)19(5)14-21)34-15-24(32)29-22-13-16(2)9-10-18(22)4/h9-14H,7-8,15H2,1-6H3,(H,29,32). The van der Waals surface area contributed by atoms with E-state index in [1.807, 2.05) is 64.1 Å². The van der Waals surface area contributed by atoms with Gasteiger partial charge in [0, 0.05) is 10.6 Å². The molecule has 0 saturated carbocycles. The highest BCUT2D eigenvalue weighted by atomic mass is 32.2. The summed E-state index contributed by atoms with van der Waals surface area (Å²) < 4.78 is 1.67. The van der Waals surface area contributed by atoms with Gasteiger partial charge in [0.1, 0.15) is 4.83 Å². The molecule has 0 atom stereocenters. The Balaban J connectivity index is 1.75. The zero-order chi connectivity index (χ0) is 25.3. The minimum atomic E-state index is -0.126. The highest BCUT2D eigenvalue weighted by Gasteiger charge is 2.20. The molecule has 0 unspecified atom stereocenters. The number of fused-ring (bicyclic) bond motifs is 1. The highest BCUT2D eigenvalue weighted by molar-refractivity contribution is 7.99. The maximum Gasteiger partial charge on any atom is 0.267 e. The first-order chi connectivity index (χ1) is 16.7. The average Bonchev–Trinajstić information content (AvgIpc) is 3.12. The molecule has 0 aliphatic rings. The summed E-state index contributed by atoms with van der Waals surface area (Å²) in [7, 11) is 0. The van der Waals surface area contributed by atoms with Crippen molar-refractivity contribution in [3.8, 4) is 5.69 Å². The van der Waals surface area contributed by atoms with E-state index in [9.17, 15) is 9.59 Å². The average molecular weight is 506 g/mol. The third kappa shape index (κ3) is 5.21. The number of hydrogen-bond donors (Lipinski definition) is 1. The van der Waals surface area contributed by atoms with Crippen molar-refractivity contribution in [3.63, 3.8) is 0 Å². The third-order valence-electron chi connectivity index (χ3n) is 6.26. The van der Waals surface area contributed by atoms with Crippen LogP contribution in [0, 0.1) is 34.6 Å². The van der Waals surface area contributed by atoms with Crippen molar-refractivity contribution in [1.82, 2.24) is 9.55 Å². The van der Waals surface area contributed by atoms with E-state index < -0.39 is 0 Å². The van der Waals surface area contributed by atoms with Crippen molar-refractivity contribution in [2.24, 2.45) is 0 Å². The second-order valence-corrected chi connectivity index (χ2v) is 11.1. The Morgan fingerprint density at radius 3 is 2.49 bits per heavy atom. The molecular formula is C28H31N3O2S2. The molecule has 5 nitrogen and oxygen atoms in total. The van der Waals surface area contributed by atoms with Gasteiger partial charge in [0.25, 0.3) is 5.56 Å². The van der Waals surface area contributed by atoms with Crippen LogP contribution in [-0.2, 0) is 11.2 Å². The van der Waals surface area contributed by atoms with E-state index in [2.05, 4.69) is 19.2 Å². The van der Waals surface area contributed by atoms with Crippen LogP contribution in [0.4, 0.5) is 5.69 Å². The molecule has 0 bridgehead atoms. The summed E-state index contributed by atoms with van der Waals surface area (Å²) >= 11 is 2.88. The van der Waals surface area contributed by atoms with E-state index in [4.69, 9.17) is 4.98 Å². The lowest BCUT2D eigenvalue weighted by atomic mass is 10.1. The number of hydrogen-bond acceptors (Lipinski definition) is 5. The summed E-state index contributed by atoms with van der Waals surface area (Å²) in [4.78, 5) is 33.5. The molecule has 0 fully saturated rings. The summed E-state index contributed by atoms with van der Waals surface area (Å²) in [6.07, 6.45) is 1.94. The number of thiophene rings is 1. The smallest absolute Gasteiger partial charge is 0.267 e. The summed E-state index contributed by atoms with van der Waals surface area (Å²) in [5.74, 6) is 0.0289. The molecule has 35 heavy (non-hydrogen) atoms. The van der Waals surface area contributed by atoms with Crippen LogP contribution < -0.4 is 10.9 Å². The lowest BCUT2D eigenvalue weighted by molar-refractivity contribution is -0.113. The summed E-state index contributed by atoms with van der Waals surface area (Å²) in [6, 6.07) is 12.0. The molecule has 4 rings (SSSR count). The van der Waals surface area contributed by atoms with Gasteiger partial charge >= 0.3 is 0 Å². The molecule has 2 heterocycles. The van der Waals surface area contributed by atoms with Gasteiger partial charge in [0.2, 0.25) is 5.91 Å². The Hall–Kier alpha value is -2.90. The predicted octanol–water partition coefficient (Wildman–Crippen LogP) is 6.67. The predicted molar refractivity (Wildman–Crippen MR) is 149 cm³/mol. The van der Waals surface area contributed by atoms with Gasteiger partial charge in [-0.05, 0) is 87.1 Å². The van der Waals surface area contributed by atoms with Crippen molar-refractivity contribution in [3.05, 3.63) is 79.4 Å². The van der Waals surface area contributed by atoms with Crippen molar-refractivity contribution in [2.45, 2.75) is 59.5 Å². The topological polar surface area (TPSA) is 64.0 Å². The number of rotatable bonds is 7. The van der Waals surface area contributed by atoms with Gasteiger partial charge in [-0.1, -0.05) is 43.3 Å². The monoisotopic (exact) mass is 505 g/mol. The van der Waals surface area contributed by atoms with Crippen LogP contribution in [0.5, 0.6) is 0 Å². The molecule has 0 saturated heterocycles. The second kappa shape index (κ2) is 10.4. The number of anilines is 1. The third-order valence-corrected chi connectivity index (χ3v) is 8.44. The first kappa shape index (κ1) is 25.2. The second-order valence-electron chi connectivity index (χ2n) is 9.04. The van der Waals surface area contributed by atoms with E-state index in [0.29, 0.717) is 10.5 Å². The summed E-state index contributed by atoms with van der Waals surface area (Å²) in [5.41, 5.74) is 6.89. The number of aryl methyl sites for hydroxylation is 6. The Bertz CT molecular complexity index is 1480. The number of nitrogens with one attached hydrogen (secondary N) is 1. The molecule has 0 aliphatic heterocycles. The fourth-order valence-corrected chi connectivity index (χ4v) is 6.18. The molecule has 1 N–H and O–H groups in total. The molecule has 2 aromatic heterocycles. The van der Waals surface area contributed by atoms with Crippen LogP contribution in [-0.4, -0.2) is 21.2 Å². The fourth-order valence-electron chi connectivity index (χ4n) is 4.05. The molecule has 0 radical (unpaired) electrons. The van der Waals surface area contributed by atoms with Gasteiger partial charge < -0.3 is 5.32 Å². The minimum absolute atomic E-state index is 0.0770. The molecule has 7 heteroatoms. The fraction of sp³-hybridized carbons (Fsp3) is 0.321. The van der Waals surface area contributed by atoms with Gasteiger partial charge in [-0.25, -0.2) is 4.98 Å². The first-order valence-electron chi connectivity index (χ1n) is 11.8. The van der Waals surface area contributed by atoms with Crippen LogP contribution >= 0.6 is 23.1 Å². The van der Waals surface area contributed by atoms with E-state index in [1.54, 1.807) is 15.9 Å². The number of benzene rings is 2. The van der Waals surface area contributed by atoms with Crippen molar-refractivity contribution < 1.29 is 4.79 Å². The van der Waals surface area contributed by atoms with Crippen molar-refractivity contribution >= 4 is 44.9 Å². The van der Waals surface area contributed by atoms with Crippen molar-refractivity contribution in [2.75, 3.05) is 11.1 Å². The van der Waals surface area contributed by atoms with Crippen LogP contribution in [0.1, 0.15) is 46.0 Å². The normalized spacial score (nSPS) is 11.3. The highest BCUT2D eigenvalue weighted by Crippen LogP contribution is 2.31. The Morgan fingerprint density at radius 2 is 1.77 bits per heavy atom. The number of carbonyl (C=O) groups excluding carboxylic acids is 1. The largest absolute Gasteiger partial charge is 0.325 e.